The number of nitrogens with zero attached hydrogens (tertiary/aromatic N) is 1. The normalized spacial score (nSPS) is 22.1. The molecule has 5 heteroatoms. The average molecular weight is 352 g/mol. The molecule has 1 saturated heterocycles. The molecule has 0 N–H and O–H groups in total. The maximum atomic E-state index is 12.4. The van der Waals surface area contributed by atoms with E-state index >= 15 is 0 Å². The number of morpholine rings is 1. The number of hydrogen-bond acceptors (Lipinski definition) is 3. The Hall–Kier alpha value is -1.20. The first-order valence-electron chi connectivity index (χ1n) is 7.31. The van der Waals surface area contributed by atoms with Crippen LogP contribution in [-0.4, -0.2) is 42.4 Å². The third-order valence-corrected chi connectivity index (χ3v) is 4.45. The lowest BCUT2D eigenvalue weighted by Crippen LogP contribution is -2.49. The van der Waals surface area contributed by atoms with Crippen LogP contribution < -0.4 is 0 Å². The van der Waals surface area contributed by atoms with Gasteiger partial charge in [0.05, 0.1) is 19.6 Å². The molecular formula is C16H18BrNO3. The number of carbonyl (C=O) groups is 2. The number of ketones is 1. The van der Waals surface area contributed by atoms with Gasteiger partial charge in [-0.2, -0.15) is 0 Å². The molecule has 1 heterocycles. The van der Waals surface area contributed by atoms with Crippen LogP contribution in [0.1, 0.15) is 18.4 Å². The maximum absolute atomic E-state index is 12.4. The molecule has 21 heavy (non-hydrogen) atoms. The average Bonchev–Trinajstić information content (AvgIpc) is 3.31. The molecule has 1 aliphatic carbocycles. The Bertz CT molecular complexity index is 556. The van der Waals surface area contributed by atoms with Crippen molar-refractivity contribution in [3.63, 3.8) is 0 Å². The van der Waals surface area contributed by atoms with Gasteiger partial charge >= 0.3 is 0 Å². The third-order valence-electron chi connectivity index (χ3n) is 3.96. The zero-order valence-corrected chi connectivity index (χ0v) is 13.3. The minimum absolute atomic E-state index is 0.0602. The van der Waals surface area contributed by atoms with Crippen molar-refractivity contribution in [2.24, 2.45) is 5.92 Å². The molecule has 0 aromatic heterocycles. The molecule has 2 aliphatic rings. The van der Waals surface area contributed by atoms with E-state index in [9.17, 15) is 9.59 Å². The van der Waals surface area contributed by atoms with Crippen LogP contribution in [0.3, 0.4) is 0 Å². The fourth-order valence-corrected chi connectivity index (χ4v) is 3.06. The fourth-order valence-electron chi connectivity index (χ4n) is 2.61. The van der Waals surface area contributed by atoms with Crippen LogP contribution >= 0.6 is 15.9 Å². The maximum Gasteiger partial charge on any atom is 0.227 e. The Morgan fingerprint density at radius 1 is 1.33 bits per heavy atom. The lowest BCUT2D eigenvalue weighted by molar-refractivity contribution is -0.146. The Morgan fingerprint density at radius 2 is 2.14 bits per heavy atom. The smallest absolute Gasteiger partial charge is 0.227 e. The zero-order chi connectivity index (χ0) is 14.8. The van der Waals surface area contributed by atoms with Crippen molar-refractivity contribution in [2.75, 3.05) is 19.7 Å². The van der Waals surface area contributed by atoms with Crippen LogP contribution in [0.2, 0.25) is 0 Å². The molecule has 0 spiro atoms. The van der Waals surface area contributed by atoms with E-state index in [1.807, 2.05) is 24.3 Å². The van der Waals surface area contributed by atoms with Gasteiger partial charge in [-0.3, -0.25) is 9.59 Å². The van der Waals surface area contributed by atoms with Gasteiger partial charge in [0.1, 0.15) is 6.10 Å². The van der Waals surface area contributed by atoms with Gasteiger partial charge < -0.3 is 9.64 Å². The molecule has 1 saturated carbocycles. The van der Waals surface area contributed by atoms with Crippen LogP contribution in [0, 0.1) is 5.92 Å². The summed E-state index contributed by atoms with van der Waals surface area (Å²) >= 11 is 3.41. The molecule has 4 nitrogen and oxygen atoms in total. The van der Waals surface area contributed by atoms with Crippen molar-refractivity contribution in [3.8, 4) is 0 Å². The molecule has 1 aliphatic heterocycles. The lowest BCUT2D eigenvalue weighted by Gasteiger charge is -2.32. The molecule has 3 rings (SSSR count). The van der Waals surface area contributed by atoms with E-state index in [2.05, 4.69) is 15.9 Å². The van der Waals surface area contributed by atoms with Gasteiger partial charge in [-0.25, -0.2) is 0 Å². The van der Waals surface area contributed by atoms with Gasteiger partial charge in [0.2, 0.25) is 5.91 Å². The third kappa shape index (κ3) is 3.71. The van der Waals surface area contributed by atoms with E-state index in [1.165, 1.54) is 0 Å². The number of halogens is 1. The van der Waals surface area contributed by atoms with E-state index in [1.54, 1.807) is 4.90 Å². The van der Waals surface area contributed by atoms with Gasteiger partial charge in [-0.05, 0) is 30.5 Å². The van der Waals surface area contributed by atoms with Gasteiger partial charge in [-0.15, -0.1) is 0 Å². The number of ether oxygens (including phenoxy) is 1. The highest BCUT2D eigenvalue weighted by Gasteiger charge is 2.38. The Labute approximate surface area is 132 Å². The molecule has 1 atom stereocenters. The van der Waals surface area contributed by atoms with Crippen LogP contribution in [0.15, 0.2) is 28.7 Å². The van der Waals surface area contributed by atoms with Gasteiger partial charge in [-0.1, -0.05) is 28.1 Å². The quantitative estimate of drug-likeness (QED) is 0.835. The van der Waals surface area contributed by atoms with Crippen LogP contribution in [0.25, 0.3) is 0 Å². The lowest BCUT2D eigenvalue weighted by atomic mass is 10.1. The zero-order valence-electron chi connectivity index (χ0n) is 11.8. The number of Topliss-reactive ketones (excluding diaryl/α,β-unsaturated/α-hetero) is 1. The first-order chi connectivity index (χ1) is 10.1. The number of amides is 1. The topological polar surface area (TPSA) is 46.6 Å². The van der Waals surface area contributed by atoms with Gasteiger partial charge in [0.25, 0.3) is 0 Å². The predicted octanol–water partition coefficient (Wildman–Crippen LogP) is 2.20. The Kier molecular flexibility index (Phi) is 4.40. The summed E-state index contributed by atoms with van der Waals surface area (Å²) in [5.41, 5.74) is 0.978. The fraction of sp³-hybridized carbons (Fsp3) is 0.500. The molecule has 1 aromatic carbocycles. The van der Waals surface area contributed by atoms with Crippen molar-refractivity contribution in [1.29, 1.82) is 0 Å². The monoisotopic (exact) mass is 351 g/mol. The largest absolute Gasteiger partial charge is 0.367 e. The summed E-state index contributed by atoms with van der Waals surface area (Å²) in [6.07, 6.45) is 1.90. The van der Waals surface area contributed by atoms with E-state index < -0.39 is 6.10 Å². The van der Waals surface area contributed by atoms with Crippen molar-refractivity contribution in [1.82, 2.24) is 4.90 Å². The summed E-state index contributed by atoms with van der Waals surface area (Å²) in [4.78, 5) is 26.2. The Morgan fingerprint density at radius 3 is 2.86 bits per heavy atom. The number of hydrogen-bond donors (Lipinski definition) is 0. The molecule has 1 unspecified atom stereocenters. The van der Waals surface area contributed by atoms with E-state index in [0.29, 0.717) is 26.1 Å². The number of benzene rings is 1. The van der Waals surface area contributed by atoms with Crippen LogP contribution in [-0.2, 0) is 20.7 Å². The van der Waals surface area contributed by atoms with Crippen LogP contribution in [0.5, 0.6) is 0 Å². The van der Waals surface area contributed by atoms with Gasteiger partial charge in [0.15, 0.2) is 5.78 Å². The predicted molar refractivity (Wildman–Crippen MR) is 81.9 cm³/mol. The second-order valence-corrected chi connectivity index (χ2v) is 6.60. The minimum Gasteiger partial charge on any atom is -0.367 e. The molecular weight excluding hydrogens is 334 g/mol. The standard InChI is InChI=1S/C16H18BrNO3/c17-13-3-1-2-11(8-13)9-15(19)18-6-7-21-14(10-18)16(20)12-4-5-12/h1-3,8,12,14H,4-7,9-10H2. The Balaban J connectivity index is 1.60. The number of carbonyl (C=O) groups excluding carboxylic acids is 2. The molecule has 2 fully saturated rings. The van der Waals surface area contributed by atoms with Crippen molar-refractivity contribution in [2.45, 2.75) is 25.4 Å². The second kappa shape index (κ2) is 6.28. The molecule has 112 valence electrons. The second-order valence-electron chi connectivity index (χ2n) is 5.68. The van der Waals surface area contributed by atoms with E-state index in [0.717, 1.165) is 22.9 Å². The molecule has 0 bridgehead atoms. The summed E-state index contributed by atoms with van der Waals surface area (Å²) in [6, 6.07) is 7.75. The molecule has 1 amide bonds. The summed E-state index contributed by atoms with van der Waals surface area (Å²) in [6.45, 7) is 1.43. The van der Waals surface area contributed by atoms with E-state index in [-0.39, 0.29) is 17.6 Å². The van der Waals surface area contributed by atoms with Gasteiger partial charge in [0, 0.05) is 16.9 Å². The highest BCUT2D eigenvalue weighted by atomic mass is 79.9. The first kappa shape index (κ1) is 14.7. The first-order valence-corrected chi connectivity index (χ1v) is 8.10. The minimum atomic E-state index is -0.419. The van der Waals surface area contributed by atoms with Crippen molar-refractivity contribution in [3.05, 3.63) is 34.3 Å². The van der Waals surface area contributed by atoms with Crippen LogP contribution in [0.4, 0.5) is 0 Å². The molecule has 0 radical (unpaired) electrons. The summed E-state index contributed by atoms with van der Waals surface area (Å²) < 4.78 is 6.51. The number of rotatable bonds is 4. The van der Waals surface area contributed by atoms with Crippen molar-refractivity contribution < 1.29 is 14.3 Å². The highest BCUT2D eigenvalue weighted by Crippen LogP contribution is 2.32. The summed E-state index contributed by atoms with van der Waals surface area (Å²) in [7, 11) is 0. The van der Waals surface area contributed by atoms with E-state index in [4.69, 9.17) is 4.74 Å². The highest BCUT2D eigenvalue weighted by molar-refractivity contribution is 9.10. The van der Waals surface area contributed by atoms with Crippen molar-refractivity contribution >= 4 is 27.6 Å². The summed E-state index contributed by atoms with van der Waals surface area (Å²) in [5, 5.41) is 0. The summed E-state index contributed by atoms with van der Waals surface area (Å²) in [5.74, 6) is 0.412. The molecule has 1 aromatic rings. The SMILES string of the molecule is O=C(C1CC1)C1CN(C(=O)Cc2cccc(Br)c2)CCO1.